The average molecular weight is 164 g/mol. The molecule has 0 aromatic rings. The smallest absolute Gasteiger partial charge is 0.0569 e. The van der Waals surface area contributed by atoms with E-state index in [-0.39, 0.29) is 18.5 Å². The first-order valence-corrected chi connectivity index (χ1v) is 3.74. The Morgan fingerprint density at radius 3 is 2.50 bits per heavy atom. The Morgan fingerprint density at radius 2 is 2.10 bits per heavy atom. The minimum absolute atomic E-state index is 0. The SMILES string of the molecule is Cl.O[C@H]1CCNC2(CC2)C1. The van der Waals surface area contributed by atoms with Gasteiger partial charge in [-0.2, -0.15) is 0 Å². The third-order valence-electron chi connectivity index (χ3n) is 2.46. The average Bonchev–Trinajstić information content (AvgIpc) is 2.49. The lowest BCUT2D eigenvalue weighted by Crippen LogP contribution is -2.42. The summed E-state index contributed by atoms with van der Waals surface area (Å²) in [7, 11) is 0. The number of piperidine rings is 1. The van der Waals surface area contributed by atoms with Crippen LogP contribution in [0.5, 0.6) is 0 Å². The first-order chi connectivity index (χ1) is 4.31. The van der Waals surface area contributed by atoms with Gasteiger partial charge in [-0.25, -0.2) is 0 Å². The number of hydrogen-bond donors (Lipinski definition) is 2. The van der Waals surface area contributed by atoms with Crippen molar-refractivity contribution in [2.45, 2.75) is 37.3 Å². The Labute approximate surface area is 67.4 Å². The van der Waals surface area contributed by atoms with Crippen molar-refractivity contribution in [2.75, 3.05) is 6.54 Å². The van der Waals surface area contributed by atoms with Gasteiger partial charge in [-0.15, -0.1) is 12.4 Å². The third-order valence-corrected chi connectivity index (χ3v) is 2.46. The lowest BCUT2D eigenvalue weighted by molar-refractivity contribution is 0.110. The summed E-state index contributed by atoms with van der Waals surface area (Å²) < 4.78 is 0. The summed E-state index contributed by atoms with van der Waals surface area (Å²) in [5, 5.41) is 12.7. The highest BCUT2D eigenvalue weighted by Gasteiger charge is 2.45. The zero-order chi connectivity index (χ0) is 6.32. The summed E-state index contributed by atoms with van der Waals surface area (Å²) in [5.74, 6) is 0. The molecular formula is C7H14ClNO. The van der Waals surface area contributed by atoms with E-state index in [0.29, 0.717) is 5.54 Å². The molecule has 2 N–H and O–H groups in total. The van der Waals surface area contributed by atoms with Gasteiger partial charge in [0.1, 0.15) is 0 Å². The van der Waals surface area contributed by atoms with Gasteiger partial charge in [0.2, 0.25) is 0 Å². The van der Waals surface area contributed by atoms with Crippen molar-refractivity contribution < 1.29 is 5.11 Å². The van der Waals surface area contributed by atoms with Crippen LogP contribution in [0.25, 0.3) is 0 Å². The van der Waals surface area contributed by atoms with Crippen LogP contribution in [0.1, 0.15) is 25.7 Å². The lowest BCUT2D eigenvalue weighted by Gasteiger charge is -2.26. The van der Waals surface area contributed by atoms with E-state index >= 15 is 0 Å². The molecule has 0 radical (unpaired) electrons. The van der Waals surface area contributed by atoms with Gasteiger partial charge >= 0.3 is 0 Å². The largest absolute Gasteiger partial charge is 0.393 e. The van der Waals surface area contributed by atoms with Gasteiger partial charge in [0.15, 0.2) is 0 Å². The highest BCUT2D eigenvalue weighted by atomic mass is 35.5. The summed E-state index contributed by atoms with van der Waals surface area (Å²) in [6.45, 7) is 1.02. The molecule has 0 amide bonds. The Bertz CT molecular complexity index is 125. The van der Waals surface area contributed by atoms with Crippen molar-refractivity contribution in [1.82, 2.24) is 5.32 Å². The predicted molar refractivity (Wildman–Crippen MR) is 42.5 cm³/mol. The Kier molecular flexibility index (Phi) is 2.23. The van der Waals surface area contributed by atoms with Crippen LogP contribution in [0, 0.1) is 0 Å². The molecule has 0 aromatic carbocycles. The van der Waals surface area contributed by atoms with Crippen LogP contribution < -0.4 is 5.32 Å². The van der Waals surface area contributed by atoms with E-state index in [0.717, 1.165) is 19.4 Å². The molecule has 2 nitrogen and oxygen atoms in total. The number of aliphatic hydroxyl groups is 1. The quantitative estimate of drug-likeness (QED) is 0.551. The van der Waals surface area contributed by atoms with Gasteiger partial charge < -0.3 is 10.4 Å². The van der Waals surface area contributed by atoms with Crippen LogP contribution >= 0.6 is 12.4 Å². The Morgan fingerprint density at radius 1 is 1.40 bits per heavy atom. The zero-order valence-electron chi connectivity index (χ0n) is 5.97. The number of halogens is 1. The minimum Gasteiger partial charge on any atom is -0.393 e. The molecule has 0 bridgehead atoms. The molecule has 0 aromatic heterocycles. The van der Waals surface area contributed by atoms with Crippen molar-refractivity contribution in [1.29, 1.82) is 0 Å². The summed E-state index contributed by atoms with van der Waals surface area (Å²) >= 11 is 0. The lowest BCUT2D eigenvalue weighted by atomic mass is 10.0. The van der Waals surface area contributed by atoms with E-state index in [1.54, 1.807) is 0 Å². The monoisotopic (exact) mass is 163 g/mol. The van der Waals surface area contributed by atoms with E-state index in [2.05, 4.69) is 5.32 Å². The van der Waals surface area contributed by atoms with Crippen LogP contribution in [-0.4, -0.2) is 23.3 Å². The van der Waals surface area contributed by atoms with E-state index in [1.807, 2.05) is 0 Å². The van der Waals surface area contributed by atoms with Crippen molar-refractivity contribution in [3.63, 3.8) is 0 Å². The number of hydrogen-bond acceptors (Lipinski definition) is 2. The summed E-state index contributed by atoms with van der Waals surface area (Å²) in [6, 6.07) is 0. The van der Waals surface area contributed by atoms with Gasteiger partial charge in [0.25, 0.3) is 0 Å². The van der Waals surface area contributed by atoms with Crippen LogP contribution in [0.2, 0.25) is 0 Å². The summed E-state index contributed by atoms with van der Waals surface area (Å²) in [6.07, 6.45) is 4.48. The predicted octanol–water partition coefficient (Wildman–Crippen LogP) is 0.685. The number of nitrogens with one attached hydrogen (secondary N) is 1. The molecule has 1 aliphatic carbocycles. The van der Waals surface area contributed by atoms with Gasteiger partial charge in [-0.05, 0) is 32.2 Å². The standard InChI is InChI=1S/C7H13NO.ClH/c9-6-1-4-8-7(5-6)2-3-7;/h6,8-9H,1-5H2;1H/t6-;/m0./s1. The van der Waals surface area contributed by atoms with Crippen molar-refractivity contribution in [3.05, 3.63) is 0 Å². The van der Waals surface area contributed by atoms with E-state index in [1.165, 1.54) is 12.8 Å². The second-order valence-electron chi connectivity index (χ2n) is 3.35. The summed E-state index contributed by atoms with van der Waals surface area (Å²) in [4.78, 5) is 0. The second kappa shape index (κ2) is 2.68. The fourth-order valence-electron chi connectivity index (χ4n) is 1.66. The molecule has 3 heteroatoms. The molecule has 1 saturated heterocycles. The third kappa shape index (κ3) is 1.44. The molecule has 1 aliphatic heterocycles. The molecule has 1 saturated carbocycles. The fraction of sp³-hybridized carbons (Fsp3) is 1.00. The highest BCUT2D eigenvalue weighted by Crippen LogP contribution is 2.41. The van der Waals surface area contributed by atoms with Crippen molar-refractivity contribution >= 4 is 12.4 Å². The van der Waals surface area contributed by atoms with E-state index in [9.17, 15) is 5.11 Å². The maximum atomic E-state index is 9.24. The van der Waals surface area contributed by atoms with Crippen LogP contribution in [0.15, 0.2) is 0 Å². The van der Waals surface area contributed by atoms with Crippen molar-refractivity contribution in [2.24, 2.45) is 0 Å². The normalized spacial score (nSPS) is 35.1. The minimum atomic E-state index is -0.0197. The van der Waals surface area contributed by atoms with Gasteiger partial charge in [-0.3, -0.25) is 0 Å². The number of rotatable bonds is 0. The molecule has 10 heavy (non-hydrogen) atoms. The second-order valence-corrected chi connectivity index (χ2v) is 3.35. The van der Waals surface area contributed by atoms with E-state index in [4.69, 9.17) is 0 Å². The molecule has 2 rings (SSSR count). The van der Waals surface area contributed by atoms with Crippen LogP contribution in [-0.2, 0) is 0 Å². The molecule has 0 unspecified atom stereocenters. The topological polar surface area (TPSA) is 32.3 Å². The molecule has 1 spiro atoms. The molecule has 2 fully saturated rings. The van der Waals surface area contributed by atoms with Crippen LogP contribution in [0.4, 0.5) is 0 Å². The Balaban J connectivity index is 0.000000500. The van der Waals surface area contributed by atoms with Gasteiger partial charge in [-0.1, -0.05) is 0 Å². The van der Waals surface area contributed by atoms with Gasteiger partial charge in [0, 0.05) is 5.54 Å². The fourth-order valence-corrected chi connectivity index (χ4v) is 1.66. The molecule has 60 valence electrons. The highest BCUT2D eigenvalue weighted by molar-refractivity contribution is 5.85. The van der Waals surface area contributed by atoms with E-state index < -0.39 is 0 Å². The van der Waals surface area contributed by atoms with Crippen molar-refractivity contribution in [3.8, 4) is 0 Å². The first kappa shape index (κ1) is 8.31. The number of aliphatic hydroxyl groups excluding tert-OH is 1. The molecule has 1 heterocycles. The summed E-state index contributed by atoms with van der Waals surface area (Å²) in [5.41, 5.74) is 0.400. The molecule has 1 atom stereocenters. The molecular weight excluding hydrogens is 150 g/mol. The zero-order valence-corrected chi connectivity index (χ0v) is 6.78. The molecule has 2 aliphatic rings. The van der Waals surface area contributed by atoms with Crippen LogP contribution in [0.3, 0.4) is 0 Å². The van der Waals surface area contributed by atoms with Gasteiger partial charge in [0.05, 0.1) is 6.10 Å². The maximum Gasteiger partial charge on any atom is 0.0569 e. The Hall–Kier alpha value is 0.210. The first-order valence-electron chi connectivity index (χ1n) is 3.74. The maximum absolute atomic E-state index is 9.24.